The van der Waals surface area contributed by atoms with Gasteiger partial charge in [-0.05, 0) is 56.0 Å². The highest BCUT2D eigenvalue weighted by molar-refractivity contribution is 5.70. The topological polar surface area (TPSA) is 17.8 Å². The van der Waals surface area contributed by atoms with Crippen LogP contribution < -0.4 is 0 Å². The Balaban J connectivity index is 2.79. The molecule has 0 saturated heterocycles. The van der Waals surface area contributed by atoms with Gasteiger partial charge in [0.1, 0.15) is 0 Å². The zero-order chi connectivity index (χ0) is 11.9. The molecule has 0 bridgehead atoms. The van der Waals surface area contributed by atoms with Crippen molar-refractivity contribution in [2.24, 2.45) is 7.05 Å². The zero-order valence-electron chi connectivity index (χ0n) is 10.6. The zero-order valence-corrected chi connectivity index (χ0v) is 10.6. The Morgan fingerprint density at radius 1 is 1.00 bits per heavy atom. The fourth-order valence-corrected chi connectivity index (χ4v) is 2.22. The maximum atomic E-state index is 4.25. The largest absolute Gasteiger partial charge is 0.268 e. The fraction of sp³-hybridized carbons (Fsp3) is 0.357. The van der Waals surface area contributed by atoms with E-state index in [0.29, 0.717) is 0 Å². The highest BCUT2D eigenvalue weighted by Crippen LogP contribution is 2.30. The molecule has 2 heteroatoms. The summed E-state index contributed by atoms with van der Waals surface area (Å²) in [5.74, 6) is 0. The lowest BCUT2D eigenvalue weighted by Gasteiger charge is -2.15. The number of aromatic nitrogens is 2. The van der Waals surface area contributed by atoms with Crippen LogP contribution in [0, 0.1) is 27.7 Å². The molecule has 0 amide bonds. The first-order chi connectivity index (χ1) is 7.52. The molecule has 0 aliphatic carbocycles. The van der Waals surface area contributed by atoms with Gasteiger partial charge in [-0.1, -0.05) is 6.07 Å². The molecule has 2 aromatic rings. The molecule has 84 valence electrons. The van der Waals surface area contributed by atoms with Crippen molar-refractivity contribution in [3.8, 4) is 11.3 Å². The molecule has 0 fully saturated rings. The minimum absolute atomic E-state index is 1.20. The summed E-state index contributed by atoms with van der Waals surface area (Å²) in [6.45, 7) is 8.71. The maximum absolute atomic E-state index is 4.25. The Labute approximate surface area is 96.9 Å². The molecule has 0 atom stereocenters. The number of aryl methyl sites for hydroxylation is 3. The predicted molar refractivity (Wildman–Crippen MR) is 67.6 cm³/mol. The SMILES string of the molecule is Cc1cc(C)c(C)c(-c2ccnn2C)c1C. The van der Waals surface area contributed by atoms with E-state index in [0.717, 1.165) is 0 Å². The fourth-order valence-electron chi connectivity index (χ4n) is 2.22. The lowest BCUT2D eigenvalue weighted by molar-refractivity contribution is 0.774. The summed E-state index contributed by atoms with van der Waals surface area (Å²) in [4.78, 5) is 0. The molecule has 2 rings (SSSR count). The van der Waals surface area contributed by atoms with Crippen LogP contribution in [0.1, 0.15) is 22.3 Å². The summed E-state index contributed by atoms with van der Waals surface area (Å²) in [7, 11) is 1.99. The standard InChI is InChI=1S/C14H18N2/c1-9-8-10(2)12(4)14(11(9)3)13-6-7-15-16(13)5/h6-8H,1-5H3. The van der Waals surface area contributed by atoms with E-state index in [-0.39, 0.29) is 0 Å². The Kier molecular flexibility index (Phi) is 2.58. The van der Waals surface area contributed by atoms with Crippen LogP contribution in [0.15, 0.2) is 18.3 Å². The molecule has 2 nitrogen and oxygen atoms in total. The number of hydrogen-bond acceptors (Lipinski definition) is 1. The van der Waals surface area contributed by atoms with E-state index in [9.17, 15) is 0 Å². The van der Waals surface area contributed by atoms with E-state index >= 15 is 0 Å². The summed E-state index contributed by atoms with van der Waals surface area (Å²) >= 11 is 0. The van der Waals surface area contributed by atoms with Gasteiger partial charge in [-0.25, -0.2) is 0 Å². The minimum Gasteiger partial charge on any atom is -0.268 e. The monoisotopic (exact) mass is 214 g/mol. The molecule has 0 aliphatic rings. The molecule has 1 aromatic heterocycles. The van der Waals surface area contributed by atoms with E-state index < -0.39 is 0 Å². The first kappa shape index (κ1) is 10.9. The van der Waals surface area contributed by atoms with Crippen molar-refractivity contribution >= 4 is 0 Å². The second kappa shape index (κ2) is 3.78. The molecule has 0 saturated carbocycles. The average Bonchev–Trinajstić information content (AvgIpc) is 2.63. The summed E-state index contributed by atoms with van der Waals surface area (Å²) in [6, 6.07) is 4.33. The Morgan fingerprint density at radius 2 is 1.56 bits per heavy atom. The van der Waals surface area contributed by atoms with Crippen molar-refractivity contribution in [2.75, 3.05) is 0 Å². The number of nitrogens with zero attached hydrogens (tertiary/aromatic N) is 2. The normalized spacial score (nSPS) is 10.8. The second-order valence-electron chi connectivity index (χ2n) is 4.48. The van der Waals surface area contributed by atoms with Crippen LogP contribution in [0.3, 0.4) is 0 Å². The number of benzene rings is 1. The third-order valence-corrected chi connectivity index (χ3v) is 3.44. The molecule has 0 unspecified atom stereocenters. The summed E-state index contributed by atoms with van der Waals surface area (Å²) in [5.41, 5.74) is 7.93. The molecule has 1 aromatic carbocycles. The first-order valence-corrected chi connectivity index (χ1v) is 5.58. The van der Waals surface area contributed by atoms with Crippen molar-refractivity contribution < 1.29 is 0 Å². The molecule has 16 heavy (non-hydrogen) atoms. The Morgan fingerprint density at radius 3 is 2.00 bits per heavy atom. The quantitative estimate of drug-likeness (QED) is 0.712. The van der Waals surface area contributed by atoms with Crippen LogP contribution in [0.5, 0.6) is 0 Å². The molecule has 0 radical (unpaired) electrons. The van der Waals surface area contributed by atoms with Crippen LogP contribution in [-0.2, 0) is 7.05 Å². The second-order valence-corrected chi connectivity index (χ2v) is 4.48. The van der Waals surface area contributed by atoms with Crippen molar-refractivity contribution in [3.63, 3.8) is 0 Å². The van der Waals surface area contributed by atoms with Crippen LogP contribution >= 0.6 is 0 Å². The number of rotatable bonds is 1. The third kappa shape index (κ3) is 1.54. The van der Waals surface area contributed by atoms with Crippen LogP contribution in [0.25, 0.3) is 11.3 Å². The van der Waals surface area contributed by atoms with Gasteiger partial charge < -0.3 is 0 Å². The first-order valence-electron chi connectivity index (χ1n) is 5.58. The molecular weight excluding hydrogens is 196 g/mol. The summed E-state index contributed by atoms with van der Waals surface area (Å²) < 4.78 is 1.94. The summed E-state index contributed by atoms with van der Waals surface area (Å²) in [5, 5.41) is 4.25. The van der Waals surface area contributed by atoms with Gasteiger partial charge in [-0.2, -0.15) is 5.10 Å². The molecule has 0 spiro atoms. The van der Waals surface area contributed by atoms with Crippen molar-refractivity contribution in [3.05, 3.63) is 40.6 Å². The van der Waals surface area contributed by atoms with Gasteiger partial charge >= 0.3 is 0 Å². The molecule has 1 heterocycles. The molecule has 0 N–H and O–H groups in total. The van der Waals surface area contributed by atoms with E-state index in [1.165, 1.54) is 33.5 Å². The van der Waals surface area contributed by atoms with Gasteiger partial charge in [0.15, 0.2) is 0 Å². The number of hydrogen-bond donors (Lipinski definition) is 0. The van der Waals surface area contributed by atoms with Gasteiger partial charge in [-0.15, -0.1) is 0 Å². The molecular formula is C14H18N2. The molecule has 0 aliphatic heterocycles. The van der Waals surface area contributed by atoms with E-state index in [1.807, 2.05) is 17.9 Å². The van der Waals surface area contributed by atoms with Gasteiger partial charge in [0.05, 0.1) is 5.69 Å². The van der Waals surface area contributed by atoms with Gasteiger partial charge in [0.25, 0.3) is 0 Å². The summed E-state index contributed by atoms with van der Waals surface area (Å²) in [6.07, 6.45) is 1.85. The van der Waals surface area contributed by atoms with Crippen molar-refractivity contribution in [1.82, 2.24) is 9.78 Å². The highest BCUT2D eigenvalue weighted by Gasteiger charge is 2.12. The van der Waals surface area contributed by atoms with E-state index in [2.05, 4.69) is 44.9 Å². The van der Waals surface area contributed by atoms with E-state index in [4.69, 9.17) is 0 Å². The lowest BCUT2D eigenvalue weighted by atomic mass is 9.92. The van der Waals surface area contributed by atoms with Gasteiger partial charge in [0, 0.05) is 18.8 Å². The van der Waals surface area contributed by atoms with Crippen molar-refractivity contribution in [2.45, 2.75) is 27.7 Å². The maximum Gasteiger partial charge on any atom is 0.0684 e. The predicted octanol–water partition coefficient (Wildman–Crippen LogP) is 3.32. The van der Waals surface area contributed by atoms with Gasteiger partial charge in [0.2, 0.25) is 0 Å². The van der Waals surface area contributed by atoms with E-state index in [1.54, 1.807) is 0 Å². The van der Waals surface area contributed by atoms with Gasteiger partial charge in [-0.3, -0.25) is 4.68 Å². The van der Waals surface area contributed by atoms with Crippen LogP contribution in [0.2, 0.25) is 0 Å². The Bertz CT molecular complexity index is 510. The minimum atomic E-state index is 1.20. The Hall–Kier alpha value is -1.57. The van der Waals surface area contributed by atoms with Crippen LogP contribution in [-0.4, -0.2) is 9.78 Å². The third-order valence-electron chi connectivity index (χ3n) is 3.44. The lowest BCUT2D eigenvalue weighted by Crippen LogP contribution is -2.00. The van der Waals surface area contributed by atoms with Crippen molar-refractivity contribution in [1.29, 1.82) is 0 Å². The smallest absolute Gasteiger partial charge is 0.0684 e. The average molecular weight is 214 g/mol. The highest BCUT2D eigenvalue weighted by atomic mass is 15.3. The van der Waals surface area contributed by atoms with Crippen LogP contribution in [0.4, 0.5) is 0 Å².